The van der Waals surface area contributed by atoms with Crippen molar-refractivity contribution in [3.8, 4) is 0 Å². The number of fused-ring (bicyclic) bond motifs is 1. The third kappa shape index (κ3) is 4.79. The first-order valence-corrected chi connectivity index (χ1v) is 10.7. The lowest BCUT2D eigenvalue weighted by atomic mass is 10.1. The molecule has 7 nitrogen and oxygen atoms in total. The summed E-state index contributed by atoms with van der Waals surface area (Å²) < 4.78 is 7.30. The van der Waals surface area contributed by atoms with Gasteiger partial charge in [0.1, 0.15) is 5.69 Å². The Bertz CT molecular complexity index is 1290. The summed E-state index contributed by atoms with van der Waals surface area (Å²) in [5.74, 6) is -0.142. The quantitative estimate of drug-likeness (QED) is 0.454. The largest absolute Gasteiger partial charge is 0.378 e. The molecule has 0 atom stereocenters. The number of nitrogens with one attached hydrogen (secondary N) is 2. The average Bonchev–Trinajstić information content (AvgIpc) is 3.45. The minimum Gasteiger partial charge on any atom is -0.378 e. The second-order valence-corrected chi connectivity index (χ2v) is 7.82. The van der Waals surface area contributed by atoms with Crippen LogP contribution in [0.3, 0.4) is 0 Å². The minimum absolute atomic E-state index is 0. The third-order valence-electron chi connectivity index (χ3n) is 5.76. The van der Waals surface area contributed by atoms with Crippen LogP contribution in [-0.2, 0) is 11.8 Å². The van der Waals surface area contributed by atoms with Crippen LogP contribution in [0.2, 0.25) is 0 Å². The first kappa shape index (κ1) is 22.6. The van der Waals surface area contributed by atoms with Gasteiger partial charge in [-0.05, 0) is 42.5 Å². The smallest absolute Gasteiger partial charge is 0.272 e. The van der Waals surface area contributed by atoms with Gasteiger partial charge in [-0.2, -0.15) is 5.10 Å². The highest BCUT2D eigenvalue weighted by atomic mass is 35.5. The van der Waals surface area contributed by atoms with Crippen LogP contribution in [0.5, 0.6) is 0 Å². The monoisotopic (exact) mass is 463 g/mol. The second kappa shape index (κ2) is 9.94. The summed E-state index contributed by atoms with van der Waals surface area (Å²) in [6.45, 7) is 3.14. The molecule has 1 fully saturated rings. The van der Waals surface area contributed by atoms with Crippen molar-refractivity contribution >= 4 is 52.7 Å². The summed E-state index contributed by atoms with van der Waals surface area (Å²) in [7, 11) is 1.86. The Labute approximate surface area is 198 Å². The number of rotatable bonds is 5. The summed E-state index contributed by atoms with van der Waals surface area (Å²) in [5, 5.41) is 11.6. The predicted octanol–water partition coefficient (Wildman–Crippen LogP) is 4.58. The van der Waals surface area contributed by atoms with Gasteiger partial charge in [-0.3, -0.25) is 9.89 Å². The van der Waals surface area contributed by atoms with E-state index >= 15 is 0 Å². The van der Waals surface area contributed by atoms with E-state index in [4.69, 9.17) is 4.74 Å². The number of halogens is 1. The van der Waals surface area contributed by atoms with Crippen LogP contribution < -0.4 is 10.2 Å². The maximum atomic E-state index is 12.8. The number of carbonyl (C=O) groups excluding carboxylic acids is 1. The number of aromatic nitrogens is 3. The molecule has 3 heterocycles. The molecule has 1 amide bonds. The summed E-state index contributed by atoms with van der Waals surface area (Å²) in [4.78, 5) is 15.1. The van der Waals surface area contributed by atoms with E-state index in [1.54, 1.807) is 0 Å². The van der Waals surface area contributed by atoms with Gasteiger partial charge < -0.3 is 19.5 Å². The van der Waals surface area contributed by atoms with Crippen LogP contribution in [-0.4, -0.2) is 47.0 Å². The van der Waals surface area contributed by atoms with Crippen molar-refractivity contribution in [1.29, 1.82) is 0 Å². The number of morpholine rings is 1. The Morgan fingerprint density at radius 2 is 1.91 bits per heavy atom. The number of amides is 1. The van der Waals surface area contributed by atoms with Crippen LogP contribution in [0, 0.1) is 0 Å². The van der Waals surface area contributed by atoms with Gasteiger partial charge in [0.15, 0.2) is 0 Å². The van der Waals surface area contributed by atoms with Gasteiger partial charge >= 0.3 is 0 Å². The fourth-order valence-electron chi connectivity index (χ4n) is 3.98. The van der Waals surface area contributed by atoms with Crippen molar-refractivity contribution in [2.45, 2.75) is 0 Å². The van der Waals surface area contributed by atoms with Crippen LogP contribution >= 0.6 is 12.4 Å². The number of para-hydroxylation sites is 1. The second-order valence-electron chi connectivity index (χ2n) is 7.82. The fraction of sp³-hybridized carbons (Fsp3) is 0.200. The number of aromatic amines is 1. The van der Waals surface area contributed by atoms with Gasteiger partial charge in [-0.25, -0.2) is 0 Å². The lowest BCUT2D eigenvalue weighted by Gasteiger charge is -2.29. The molecule has 8 heteroatoms. The molecular weight excluding hydrogens is 438 g/mol. The van der Waals surface area contributed by atoms with Gasteiger partial charge in [0.2, 0.25) is 0 Å². The van der Waals surface area contributed by atoms with E-state index in [9.17, 15) is 4.79 Å². The molecule has 0 aliphatic carbocycles. The van der Waals surface area contributed by atoms with Gasteiger partial charge in [0.05, 0.1) is 24.4 Å². The molecule has 1 aliphatic heterocycles. The van der Waals surface area contributed by atoms with E-state index in [1.807, 2.05) is 78.5 Å². The van der Waals surface area contributed by atoms with Crippen molar-refractivity contribution < 1.29 is 9.53 Å². The Kier molecular flexibility index (Phi) is 6.82. The van der Waals surface area contributed by atoms with Gasteiger partial charge in [-0.15, -0.1) is 12.4 Å². The Hall–Kier alpha value is -3.55. The van der Waals surface area contributed by atoms with Crippen molar-refractivity contribution in [3.05, 3.63) is 77.7 Å². The van der Waals surface area contributed by atoms with Gasteiger partial charge in [-0.1, -0.05) is 24.3 Å². The Morgan fingerprint density at radius 3 is 2.70 bits per heavy atom. The highest BCUT2D eigenvalue weighted by Gasteiger charge is 2.15. The molecule has 2 aromatic heterocycles. The number of aryl methyl sites for hydroxylation is 1. The Morgan fingerprint density at radius 1 is 1.09 bits per heavy atom. The SMILES string of the molecule is Cl.Cn1cccc1C(=O)Nc1ccc(N2CCOCC2)cc1C=Cc1n[nH]c2ccccc12. The van der Waals surface area contributed by atoms with Crippen LogP contribution in [0.25, 0.3) is 23.1 Å². The maximum Gasteiger partial charge on any atom is 0.272 e. The summed E-state index contributed by atoms with van der Waals surface area (Å²) in [6, 6.07) is 17.8. The highest BCUT2D eigenvalue weighted by molar-refractivity contribution is 6.04. The highest BCUT2D eigenvalue weighted by Crippen LogP contribution is 2.27. The number of benzene rings is 2. The number of anilines is 2. The van der Waals surface area contributed by atoms with E-state index < -0.39 is 0 Å². The molecular formula is C25H26ClN5O2. The molecule has 2 N–H and O–H groups in total. The molecule has 1 saturated heterocycles. The first-order chi connectivity index (χ1) is 15.7. The van der Waals surface area contributed by atoms with E-state index in [0.29, 0.717) is 5.69 Å². The summed E-state index contributed by atoms with van der Waals surface area (Å²) in [6.07, 6.45) is 5.85. The molecule has 0 saturated carbocycles. The third-order valence-corrected chi connectivity index (χ3v) is 5.76. The van der Waals surface area contributed by atoms with Crippen molar-refractivity contribution in [2.75, 3.05) is 36.5 Å². The maximum absolute atomic E-state index is 12.8. The van der Waals surface area contributed by atoms with Crippen molar-refractivity contribution in [1.82, 2.24) is 14.8 Å². The topological polar surface area (TPSA) is 75.2 Å². The zero-order chi connectivity index (χ0) is 21.9. The number of ether oxygens (including phenoxy) is 1. The van der Waals surface area contributed by atoms with E-state index in [-0.39, 0.29) is 18.3 Å². The molecule has 33 heavy (non-hydrogen) atoms. The van der Waals surface area contributed by atoms with Gasteiger partial charge in [0, 0.05) is 48.7 Å². The average molecular weight is 464 g/mol. The molecule has 0 bridgehead atoms. The number of H-pyrrole nitrogens is 1. The summed E-state index contributed by atoms with van der Waals surface area (Å²) >= 11 is 0. The molecule has 4 aromatic rings. The standard InChI is InChI=1S/C25H25N5O2.ClH/c1-29-12-4-7-24(29)25(31)26-21-11-9-19(30-13-15-32-16-14-30)17-18(21)8-10-23-20-5-2-3-6-22(20)27-28-23;/h2-12,17H,13-16H2,1H3,(H,26,31)(H,27,28);1H. The summed E-state index contributed by atoms with van der Waals surface area (Å²) in [5.41, 5.74) is 5.24. The number of hydrogen-bond acceptors (Lipinski definition) is 4. The van der Waals surface area contributed by atoms with E-state index in [1.165, 1.54) is 0 Å². The fourth-order valence-corrected chi connectivity index (χ4v) is 3.98. The molecule has 5 rings (SSSR count). The zero-order valence-electron chi connectivity index (χ0n) is 18.3. The molecule has 0 spiro atoms. The van der Waals surface area contributed by atoms with Crippen LogP contribution in [0.1, 0.15) is 21.7 Å². The Balaban J connectivity index is 0.00000259. The van der Waals surface area contributed by atoms with Crippen LogP contribution in [0.15, 0.2) is 60.8 Å². The molecule has 1 aliphatic rings. The zero-order valence-corrected chi connectivity index (χ0v) is 19.1. The molecule has 0 unspecified atom stereocenters. The number of nitrogens with zero attached hydrogens (tertiary/aromatic N) is 3. The lowest BCUT2D eigenvalue weighted by Crippen LogP contribution is -2.36. The number of hydrogen-bond donors (Lipinski definition) is 2. The molecule has 2 aromatic carbocycles. The first-order valence-electron chi connectivity index (χ1n) is 10.7. The van der Waals surface area contributed by atoms with Crippen molar-refractivity contribution in [3.63, 3.8) is 0 Å². The van der Waals surface area contributed by atoms with Crippen LogP contribution in [0.4, 0.5) is 11.4 Å². The normalized spacial score (nSPS) is 13.9. The number of carbonyl (C=O) groups is 1. The minimum atomic E-state index is -0.142. The predicted molar refractivity (Wildman–Crippen MR) is 135 cm³/mol. The molecule has 170 valence electrons. The van der Waals surface area contributed by atoms with Crippen molar-refractivity contribution in [2.24, 2.45) is 7.05 Å². The lowest BCUT2D eigenvalue weighted by molar-refractivity contribution is 0.101. The van der Waals surface area contributed by atoms with E-state index in [2.05, 4.69) is 26.5 Å². The van der Waals surface area contributed by atoms with Gasteiger partial charge in [0.25, 0.3) is 5.91 Å². The molecule has 0 radical (unpaired) electrons. The van der Waals surface area contributed by atoms with E-state index in [0.717, 1.165) is 59.8 Å².